The van der Waals surface area contributed by atoms with Crippen molar-refractivity contribution in [3.05, 3.63) is 71.8 Å². The quantitative estimate of drug-likeness (QED) is 0.324. The highest BCUT2D eigenvalue weighted by molar-refractivity contribution is 6.16. The topological polar surface area (TPSA) is 120 Å². The van der Waals surface area contributed by atoms with E-state index in [-0.39, 0.29) is 11.5 Å². The molecule has 0 aliphatic heterocycles. The van der Waals surface area contributed by atoms with Gasteiger partial charge in [0.1, 0.15) is 18.0 Å². The van der Waals surface area contributed by atoms with Crippen LogP contribution < -0.4 is 16.4 Å². The van der Waals surface area contributed by atoms with Crippen molar-refractivity contribution in [3.63, 3.8) is 0 Å². The molecule has 0 amide bonds. The standard InChI is InChI=1S/C19H19FN6O/c20-14-7-6-12(10-15(14)27)17(21)16-18(22)25-11-26-19(16)24-9-8-23-13-4-2-1-3-5-13/h1-7,10-11,21,23,27H,8-9H2,(H3,22,24,25,26). The molecule has 7 nitrogen and oxygen atoms in total. The summed E-state index contributed by atoms with van der Waals surface area (Å²) in [7, 11) is 0. The number of hydrogen-bond acceptors (Lipinski definition) is 7. The van der Waals surface area contributed by atoms with Gasteiger partial charge in [0.05, 0.1) is 11.3 Å². The van der Waals surface area contributed by atoms with E-state index in [1.54, 1.807) is 0 Å². The van der Waals surface area contributed by atoms with E-state index in [1.807, 2.05) is 30.3 Å². The second-order valence-corrected chi connectivity index (χ2v) is 5.74. The highest BCUT2D eigenvalue weighted by Crippen LogP contribution is 2.24. The first kappa shape index (κ1) is 18.1. The normalized spacial score (nSPS) is 10.4. The lowest BCUT2D eigenvalue weighted by molar-refractivity contribution is 0.432. The van der Waals surface area contributed by atoms with Gasteiger partial charge >= 0.3 is 0 Å². The first-order valence-corrected chi connectivity index (χ1v) is 8.27. The fourth-order valence-electron chi connectivity index (χ4n) is 2.54. The minimum atomic E-state index is -0.755. The summed E-state index contributed by atoms with van der Waals surface area (Å²) in [5.41, 5.74) is 7.52. The van der Waals surface area contributed by atoms with Crippen LogP contribution in [0.3, 0.4) is 0 Å². The number of anilines is 3. The Morgan fingerprint density at radius 2 is 1.81 bits per heavy atom. The smallest absolute Gasteiger partial charge is 0.164 e. The molecule has 138 valence electrons. The predicted molar refractivity (Wildman–Crippen MR) is 104 cm³/mol. The maximum atomic E-state index is 13.3. The van der Waals surface area contributed by atoms with E-state index in [2.05, 4.69) is 20.6 Å². The minimum Gasteiger partial charge on any atom is -0.505 e. The van der Waals surface area contributed by atoms with E-state index in [0.29, 0.717) is 30.0 Å². The zero-order valence-electron chi connectivity index (χ0n) is 14.4. The van der Waals surface area contributed by atoms with Crippen molar-refractivity contribution < 1.29 is 9.50 Å². The van der Waals surface area contributed by atoms with Gasteiger partial charge in [-0.25, -0.2) is 14.4 Å². The molecule has 0 fully saturated rings. The molecule has 0 aliphatic rings. The number of hydrogen-bond donors (Lipinski definition) is 5. The molecular weight excluding hydrogens is 347 g/mol. The van der Waals surface area contributed by atoms with Crippen LogP contribution in [0.4, 0.5) is 21.7 Å². The summed E-state index contributed by atoms with van der Waals surface area (Å²) < 4.78 is 13.3. The molecule has 0 spiro atoms. The van der Waals surface area contributed by atoms with Crippen molar-refractivity contribution in [2.45, 2.75) is 0 Å². The molecule has 0 saturated heterocycles. The Bertz CT molecular complexity index is 948. The summed E-state index contributed by atoms with van der Waals surface area (Å²) in [6.07, 6.45) is 1.31. The first-order valence-electron chi connectivity index (χ1n) is 8.27. The number of rotatable bonds is 7. The average Bonchev–Trinajstić information content (AvgIpc) is 2.68. The van der Waals surface area contributed by atoms with Crippen LogP contribution in [0.15, 0.2) is 54.9 Å². The van der Waals surface area contributed by atoms with E-state index < -0.39 is 11.6 Å². The third-order valence-corrected chi connectivity index (χ3v) is 3.88. The number of nitrogens with two attached hydrogens (primary N) is 1. The Balaban J connectivity index is 1.74. The summed E-state index contributed by atoms with van der Waals surface area (Å²) in [4.78, 5) is 8.10. The summed E-state index contributed by atoms with van der Waals surface area (Å²) >= 11 is 0. The van der Waals surface area contributed by atoms with E-state index in [9.17, 15) is 9.50 Å². The van der Waals surface area contributed by atoms with Crippen LogP contribution in [0.5, 0.6) is 5.75 Å². The Morgan fingerprint density at radius 1 is 1.07 bits per heavy atom. The second-order valence-electron chi connectivity index (χ2n) is 5.74. The van der Waals surface area contributed by atoms with Crippen LogP contribution in [0.1, 0.15) is 11.1 Å². The largest absolute Gasteiger partial charge is 0.505 e. The van der Waals surface area contributed by atoms with Gasteiger partial charge < -0.3 is 21.5 Å². The third-order valence-electron chi connectivity index (χ3n) is 3.88. The molecular formula is C19H19FN6O. The lowest BCUT2D eigenvalue weighted by Gasteiger charge is -2.14. The second kappa shape index (κ2) is 8.13. The van der Waals surface area contributed by atoms with Gasteiger partial charge in [-0.15, -0.1) is 0 Å². The van der Waals surface area contributed by atoms with Crippen molar-refractivity contribution in [3.8, 4) is 5.75 Å². The van der Waals surface area contributed by atoms with Crippen LogP contribution in [-0.2, 0) is 0 Å². The van der Waals surface area contributed by atoms with Crippen LogP contribution in [0.25, 0.3) is 0 Å². The minimum absolute atomic E-state index is 0.0121. The Labute approximate surface area is 155 Å². The Hall–Kier alpha value is -3.68. The van der Waals surface area contributed by atoms with Gasteiger partial charge in [-0.2, -0.15) is 0 Å². The van der Waals surface area contributed by atoms with E-state index in [0.717, 1.165) is 11.8 Å². The zero-order valence-corrected chi connectivity index (χ0v) is 14.4. The zero-order chi connectivity index (χ0) is 19.2. The number of phenolic OH excluding ortho intramolecular Hbond substituents is 1. The molecule has 6 N–H and O–H groups in total. The van der Waals surface area contributed by atoms with Gasteiger partial charge in [0, 0.05) is 24.3 Å². The van der Waals surface area contributed by atoms with Gasteiger partial charge in [0.15, 0.2) is 11.6 Å². The van der Waals surface area contributed by atoms with Gasteiger partial charge in [0.25, 0.3) is 0 Å². The number of aromatic hydroxyl groups is 1. The maximum absolute atomic E-state index is 13.3. The first-order chi connectivity index (χ1) is 13.1. The molecule has 2 aromatic carbocycles. The van der Waals surface area contributed by atoms with Gasteiger partial charge in [-0.05, 0) is 30.3 Å². The average molecular weight is 366 g/mol. The summed E-state index contributed by atoms with van der Waals surface area (Å²) in [6.45, 7) is 1.15. The highest BCUT2D eigenvalue weighted by Gasteiger charge is 2.17. The lowest BCUT2D eigenvalue weighted by atomic mass is 10.0. The Kier molecular flexibility index (Phi) is 5.46. The monoisotopic (exact) mass is 366 g/mol. The van der Waals surface area contributed by atoms with Crippen molar-refractivity contribution in [1.29, 1.82) is 5.41 Å². The molecule has 0 saturated carbocycles. The number of nitrogen functional groups attached to an aromatic ring is 1. The van der Waals surface area contributed by atoms with Crippen molar-refractivity contribution in [2.75, 3.05) is 29.5 Å². The molecule has 8 heteroatoms. The molecule has 3 rings (SSSR count). The number of nitrogens with zero attached hydrogens (tertiary/aromatic N) is 2. The molecule has 3 aromatic rings. The number of phenols is 1. The van der Waals surface area contributed by atoms with Crippen LogP contribution in [0, 0.1) is 11.2 Å². The van der Waals surface area contributed by atoms with Crippen molar-refractivity contribution in [1.82, 2.24) is 9.97 Å². The highest BCUT2D eigenvalue weighted by atomic mass is 19.1. The molecule has 0 atom stereocenters. The number of para-hydroxylation sites is 1. The summed E-state index contributed by atoms with van der Waals surface area (Å²) in [5, 5.41) is 24.3. The molecule has 27 heavy (non-hydrogen) atoms. The van der Waals surface area contributed by atoms with Gasteiger partial charge in [-0.1, -0.05) is 18.2 Å². The molecule has 0 unspecified atom stereocenters. The van der Waals surface area contributed by atoms with Crippen LogP contribution in [-0.4, -0.2) is 33.9 Å². The van der Waals surface area contributed by atoms with E-state index >= 15 is 0 Å². The predicted octanol–water partition coefficient (Wildman–Crippen LogP) is 2.84. The number of benzene rings is 2. The lowest BCUT2D eigenvalue weighted by Crippen LogP contribution is -2.18. The molecule has 0 bridgehead atoms. The van der Waals surface area contributed by atoms with Crippen molar-refractivity contribution in [2.24, 2.45) is 0 Å². The van der Waals surface area contributed by atoms with Gasteiger partial charge in [0.2, 0.25) is 0 Å². The molecule has 0 aliphatic carbocycles. The van der Waals surface area contributed by atoms with E-state index in [4.69, 9.17) is 11.1 Å². The van der Waals surface area contributed by atoms with Gasteiger partial charge in [-0.3, -0.25) is 5.41 Å². The summed E-state index contributed by atoms with van der Waals surface area (Å²) in [5.74, 6) is -0.771. The number of nitrogens with one attached hydrogen (secondary N) is 3. The fraction of sp³-hybridized carbons (Fsp3) is 0.105. The molecule has 1 heterocycles. The van der Waals surface area contributed by atoms with Crippen LogP contribution >= 0.6 is 0 Å². The number of halogens is 1. The fourth-order valence-corrected chi connectivity index (χ4v) is 2.54. The summed E-state index contributed by atoms with van der Waals surface area (Å²) in [6, 6.07) is 13.4. The SMILES string of the molecule is N=C(c1ccc(F)c(O)c1)c1c(N)ncnc1NCCNc1ccccc1. The van der Waals surface area contributed by atoms with E-state index in [1.165, 1.54) is 18.5 Å². The van der Waals surface area contributed by atoms with Crippen LogP contribution in [0.2, 0.25) is 0 Å². The third kappa shape index (κ3) is 4.30. The van der Waals surface area contributed by atoms with Crippen molar-refractivity contribution >= 4 is 23.0 Å². The molecule has 0 radical (unpaired) electrons. The molecule has 1 aromatic heterocycles. The maximum Gasteiger partial charge on any atom is 0.164 e. The number of aromatic nitrogens is 2. The Morgan fingerprint density at radius 3 is 2.56 bits per heavy atom.